The van der Waals surface area contributed by atoms with Crippen LogP contribution in [-0.4, -0.2) is 61.4 Å². The summed E-state index contributed by atoms with van der Waals surface area (Å²) in [5, 5.41) is 2.61. The number of furan rings is 1. The van der Waals surface area contributed by atoms with E-state index < -0.39 is 0 Å². The predicted octanol–water partition coefficient (Wildman–Crippen LogP) is 0.102. The van der Waals surface area contributed by atoms with Gasteiger partial charge in [-0.25, -0.2) is 0 Å². The fourth-order valence-electron chi connectivity index (χ4n) is 2.28. The van der Waals surface area contributed by atoms with Crippen molar-refractivity contribution in [3.05, 3.63) is 24.2 Å². The van der Waals surface area contributed by atoms with Gasteiger partial charge in [0.25, 0.3) is 0 Å². The molecule has 0 saturated carbocycles. The van der Waals surface area contributed by atoms with Crippen molar-refractivity contribution in [1.82, 2.24) is 15.1 Å². The molecule has 1 aromatic heterocycles. The largest absolute Gasteiger partial charge is 0.469 e. The van der Waals surface area contributed by atoms with E-state index in [0.29, 0.717) is 32.5 Å². The van der Waals surface area contributed by atoms with Crippen molar-refractivity contribution in [2.24, 2.45) is 0 Å². The lowest BCUT2D eigenvalue weighted by atomic mass is 10.2. The molecule has 0 atom stereocenters. The van der Waals surface area contributed by atoms with Crippen molar-refractivity contribution >= 4 is 11.8 Å². The molecule has 6 heteroatoms. The molecule has 1 aromatic rings. The fraction of sp³-hybridized carbons (Fsp3) is 0.571. The molecule has 6 nitrogen and oxygen atoms in total. The number of likely N-dealkylation sites (N-methyl/N-ethyl adjacent to an activating group) is 1. The number of carbonyl (C=O) groups excluding carboxylic acids is 2. The highest BCUT2D eigenvalue weighted by Crippen LogP contribution is 2.08. The minimum Gasteiger partial charge on any atom is -0.469 e. The number of aryl methyl sites for hydroxylation is 1. The molecule has 2 rings (SSSR count). The molecule has 0 unspecified atom stereocenters. The summed E-state index contributed by atoms with van der Waals surface area (Å²) in [6.07, 6.45) is 2.74. The van der Waals surface area contributed by atoms with Crippen LogP contribution in [0.2, 0.25) is 0 Å². The smallest absolute Gasteiger partial charge is 0.233 e. The van der Waals surface area contributed by atoms with E-state index in [-0.39, 0.29) is 11.8 Å². The maximum absolute atomic E-state index is 12.1. The second-order valence-electron chi connectivity index (χ2n) is 4.91. The van der Waals surface area contributed by atoms with E-state index in [2.05, 4.69) is 10.2 Å². The van der Waals surface area contributed by atoms with Crippen molar-refractivity contribution in [2.75, 3.05) is 39.8 Å². The van der Waals surface area contributed by atoms with Gasteiger partial charge in [-0.1, -0.05) is 0 Å². The number of carbonyl (C=O) groups is 2. The number of piperazine rings is 1. The Balaban J connectivity index is 1.70. The molecule has 2 amide bonds. The predicted molar refractivity (Wildman–Crippen MR) is 74.1 cm³/mol. The summed E-state index contributed by atoms with van der Waals surface area (Å²) in [4.78, 5) is 27.3. The Kier molecular flexibility index (Phi) is 5.17. The molecular weight excluding hydrogens is 258 g/mol. The minimum atomic E-state index is 0.0163. The molecule has 0 radical (unpaired) electrons. The van der Waals surface area contributed by atoms with Gasteiger partial charge in [-0.05, 0) is 12.1 Å². The van der Waals surface area contributed by atoms with Gasteiger partial charge in [0.2, 0.25) is 11.8 Å². The Morgan fingerprint density at radius 2 is 2.05 bits per heavy atom. The van der Waals surface area contributed by atoms with Gasteiger partial charge in [-0.15, -0.1) is 0 Å². The van der Waals surface area contributed by atoms with Gasteiger partial charge in [0.05, 0.1) is 12.8 Å². The van der Waals surface area contributed by atoms with Crippen LogP contribution in [0.4, 0.5) is 0 Å². The van der Waals surface area contributed by atoms with Crippen molar-refractivity contribution in [3.8, 4) is 0 Å². The fourth-order valence-corrected chi connectivity index (χ4v) is 2.28. The first-order valence-electron chi connectivity index (χ1n) is 6.92. The minimum absolute atomic E-state index is 0.0163. The van der Waals surface area contributed by atoms with Gasteiger partial charge in [0, 0.05) is 46.1 Å². The van der Waals surface area contributed by atoms with E-state index in [4.69, 9.17) is 4.42 Å². The Labute approximate surface area is 118 Å². The van der Waals surface area contributed by atoms with Crippen LogP contribution < -0.4 is 5.32 Å². The Morgan fingerprint density at radius 1 is 1.30 bits per heavy atom. The standard InChI is InChI=1S/C14H21N3O3/c1-15-13(18)11-16-6-8-17(9-7-16)14(19)5-4-12-3-2-10-20-12/h2-3,10H,4-9,11H2,1H3,(H,15,18). The van der Waals surface area contributed by atoms with E-state index >= 15 is 0 Å². The SMILES string of the molecule is CNC(=O)CN1CCN(C(=O)CCc2ccco2)CC1. The highest BCUT2D eigenvalue weighted by atomic mass is 16.3. The highest BCUT2D eigenvalue weighted by Gasteiger charge is 2.21. The molecule has 0 aliphatic carbocycles. The van der Waals surface area contributed by atoms with E-state index in [9.17, 15) is 9.59 Å². The molecule has 20 heavy (non-hydrogen) atoms. The molecule has 110 valence electrons. The van der Waals surface area contributed by atoms with Crippen molar-refractivity contribution in [1.29, 1.82) is 0 Å². The molecule has 1 saturated heterocycles. The third-order valence-electron chi connectivity index (χ3n) is 3.54. The zero-order valence-electron chi connectivity index (χ0n) is 11.8. The molecule has 1 N–H and O–H groups in total. The lowest BCUT2D eigenvalue weighted by molar-refractivity contribution is -0.133. The van der Waals surface area contributed by atoms with E-state index in [1.165, 1.54) is 0 Å². The van der Waals surface area contributed by atoms with Gasteiger partial charge in [-0.3, -0.25) is 14.5 Å². The molecule has 0 bridgehead atoms. The monoisotopic (exact) mass is 279 g/mol. The first-order valence-corrected chi connectivity index (χ1v) is 6.92. The summed E-state index contributed by atoms with van der Waals surface area (Å²) in [6, 6.07) is 3.71. The molecule has 2 heterocycles. The second-order valence-corrected chi connectivity index (χ2v) is 4.91. The molecule has 0 spiro atoms. The van der Waals surface area contributed by atoms with Crippen LogP contribution in [-0.2, 0) is 16.0 Å². The summed E-state index contributed by atoms with van der Waals surface area (Å²) in [6.45, 7) is 3.28. The van der Waals surface area contributed by atoms with E-state index in [1.807, 2.05) is 17.0 Å². The number of nitrogens with zero attached hydrogens (tertiary/aromatic N) is 2. The van der Waals surface area contributed by atoms with Crippen LogP contribution in [0.3, 0.4) is 0 Å². The molecule has 0 aromatic carbocycles. The summed E-state index contributed by atoms with van der Waals surface area (Å²) >= 11 is 0. The first kappa shape index (κ1) is 14.6. The first-order chi connectivity index (χ1) is 9.69. The maximum Gasteiger partial charge on any atom is 0.233 e. The van der Waals surface area contributed by atoms with Crippen LogP contribution in [0.5, 0.6) is 0 Å². The third-order valence-corrected chi connectivity index (χ3v) is 3.54. The molecular formula is C14H21N3O3. The average Bonchev–Trinajstić information content (AvgIpc) is 2.98. The normalized spacial score (nSPS) is 16.1. The molecule has 1 aliphatic rings. The van der Waals surface area contributed by atoms with Crippen LogP contribution in [0.1, 0.15) is 12.2 Å². The van der Waals surface area contributed by atoms with Crippen molar-refractivity contribution in [3.63, 3.8) is 0 Å². The highest BCUT2D eigenvalue weighted by molar-refractivity contribution is 5.78. The van der Waals surface area contributed by atoms with Crippen LogP contribution in [0, 0.1) is 0 Å². The number of hydrogen-bond acceptors (Lipinski definition) is 4. The van der Waals surface area contributed by atoms with Gasteiger partial charge in [-0.2, -0.15) is 0 Å². The van der Waals surface area contributed by atoms with Gasteiger partial charge in [0.1, 0.15) is 5.76 Å². The summed E-state index contributed by atoms with van der Waals surface area (Å²) in [5.41, 5.74) is 0. The van der Waals surface area contributed by atoms with Crippen LogP contribution in [0.25, 0.3) is 0 Å². The van der Waals surface area contributed by atoms with Crippen LogP contribution in [0.15, 0.2) is 22.8 Å². The summed E-state index contributed by atoms with van der Waals surface area (Å²) < 4.78 is 5.22. The van der Waals surface area contributed by atoms with Gasteiger partial charge < -0.3 is 14.6 Å². The maximum atomic E-state index is 12.1. The lowest BCUT2D eigenvalue weighted by Crippen LogP contribution is -2.50. The third kappa shape index (κ3) is 4.09. The number of rotatable bonds is 5. The Bertz CT molecular complexity index is 437. The number of amides is 2. The molecule has 1 aliphatic heterocycles. The Hall–Kier alpha value is -1.82. The zero-order valence-corrected chi connectivity index (χ0v) is 11.8. The van der Waals surface area contributed by atoms with Crippen molar-refractivity contribution < 1.29 is 14.0 Å². The summed E-state index contributed by atoms with van der Waals surface area (Å²) in [5.74, 6) is 1.01. The molecule has 1 fully saturated rings. The second kappa shape index (κ2) is 7.09. The van der Waals surface area contributed by atoms with E-state index in [0.717, 1.165) is 18.8 Å². The van der Waals surface area contributed by atoms with Crippen molar-refractivity contribution in [2.45, 2.75) is 12.8 Å². The van der Waals surface area contributed by atoms with Gasteiger partial charge >= 0.3 is 0 Å². The topological polar surface area (TPSA) is 65.8 Å². The zero-order chi connectivity index (χ0) is 14.4. The van der Waals surface area contributed by atoms with Crippen LogP contribution >= 0.6 is 0 Å². The Morgan fingerprint density at radius 3 is 2.65 bits per heavy atom. The number of hydrogen-bond donors (Lipinski definition) is 1. The van der Waals surface area contributed by atoms with Gasteiger partial charge in [0.15, 0.2) is 0 Å². The number of nitrogens with one attached hydrogen (secondary N) is 1. The average molecular weight is 279 g/mol. The lowest BCUT2D eigenvalue weighted by Gasteiger charge is -2.34. The summed E-state index contributed by atoms with van der Waals surface area (Å²) in [7, 11) is 1.64. The quantitative estimate of drug-likeness (QED) is 0.830. The van der Waals surface area contributed by atoms with E-state index in [1.54, 1.807) is 13.3 Å².